The van der Waals surface area contributed by atoms with E-state index in [9.17, 15) is 18.0 Å². The number of carbonyl (C=O) groups excluding carboxylic acids is 1. The summed E-state index contributed by atoms with van der Waals surface area (Å²) in [5, 5.41) is 10.2. The highest BCUT2D eigenvalue weighted by Gasteiger charge is 2.38. The molecule has 0 aromatic carbocycles. The van der Waals surface area contributed by atoms with Crippen LogP contribution in [0.1, 0.15) is 25.0 Å². The van der Waals surface area contributed by atoms with Crippen molar-refractivity contribution < 1.29 is 32.3 Å². The zero-order chi connectivity index (χ0) is 17.0. The summed E-state index contributed by atoms with van der Waals surface area (Å²) in [6.45, 7) is 1.92. The fraction of sp³-hybridized carbons (Fsp3) is 0.571. The lowest BCUT2D eigenvalue weighted by Crippen LogP contribution is -2.49. The Hall–Kier alpha value is -2.03. The van der Waals surface area contributed by atoms with Gasteiger partial charge in [-0.2, -0.15) is 13.2 Å². The minimum Gasteiger partial charge on any atom is -0.475 e. The number of halogens is 3. The maximum atomic E-state index is 11.3. The van der Waals surface area contributed by atoms with Crippen molar-refractivity contribution in [1.82, 2.24) is 10.2 Å². The lowest BCUT2D eigenvalue weighted by Gasteiger charge is -2.31. The Balaban J connectivity index is 0.000000236. The fourth-order valence-corrected chi connectivity index (χ4v) is 2.83. The largest absolute Gasteiger partial charge is 0.490 e. The number of rotatable bonds is 2. The van der Waals surface area contributed by atoms with E-state index >= 15 is 0 Å². The van der Waals surface area contributed by atoms with Crippen LogP contribution in [0.5, 0.6) is 0 Å². The second-order valence-electron chi connectivity index (χ2n) is 5.42. The van der Waals surface area contributed by atoms with Crippen LogP contribution >= 0.6 is 0 Å². The highest BCUT2D eigenvalue weighted by Crippen LogP contribution is 2.27. The second kappa shape index (κ2) is 7.03. The quantitative estimate of drug-likeness (QED) is 0.861. The molecule has 2 N–H and O–H groups in total. The molecule has 2 aliphatic heterocycles. The molecule has 23 heavy (non-hydrogen) atoms. The summed E-state index contributed by atoms with van der Waals surface area (Å²) in [7, 11) is 0. The molecule has 0 unspecified atom stereocenters. The first-order valence-corrected chi connectivity index (χ1v) is 7.13. The number of nitrogens with zero attached hydrogens (tertiary/aromatic N) is 1. The predicted molar refractivity (Wildman–Crippen MR) is 72.4 cm³/mol. The fourth-order valence-electron chi connectivity index (χ4n) is 2.83. The molecule has 3 heterocycles. The lowest BCUT2D eigenvalue weighted by atomic mass is 9.99. The molecule has 1 amide bonds. The van der Waals surface area contributed by atoms with Gasteiger partial charge < -0.3 is 14.8 Å². The minimum atomic E-state index is -5.08. The Morgan fingerprint density at radius 1 is 1.43 bits per heavy atom. The zero-order valence-electron chi connectivity index (χ0n) is 12.2. The number of carbonyl (C=O) groups is 2. The number of carboxylic acids is 1. The van der Waals surface area contributed by atoms with Crippen LogP contribution < -0.4 is 5.32 Å². The van der Waals surface area contributed by atoms with E-state index in [1.807, 2.05) is 12.1 Å². The van der Waals surface area contributed by atoms with Crippen LogP contribution in [0.3, 0.4) is 0 Å². The van der Waals surface area contributed by atoms with Crippen LogP contribution in [0.25, 0.3) is 0 Å². The topological polar surface area (TPSA) is 82.8 Å². The Morgan fingerprint density at radius 3 is 2.70 bits per heavy atom. The molecule has 0 saturated carbocycles. The maximum absolute atomic E-state index is 11.3. The molecule has 0 bridgehead atoms. The number of hydrogen-bond donors (Lipinski definition) is 2. The van der Waals surface area contributed by atoms with Crippen LogP contribution in [0, 0.1) is 0 Å². The summed E-state index contributed by atoms with van der Waals surface area (Å²) in [5.74, 6) is -1.54. The Morgan fingerprint density at radius 2 is 2.13 bits per heavy atom. The highest BCUT2D eigenvalue weighted by molar-refractivity contribution is 5.77. The zero-order valence-corrected chi connectivity index (χ0v) is 12.2. The second-order valence-corrected chi connectivity index (χ2v) is 5.42. The molecule has 2 aliphatic rings. The highest BCUT2D eigenvalue weighted by atomic mass is 19.4. The van der Waals surface area contributed by atoms with E-state index in [4.69, 9.17) is 14.3 Å². The molecule has 2 fully saturated rings. The van der Waals surface area contributed by atoms with Crippen LogP contribution in [0.2, 0.25) is 0 Å². The van der Waals surface area contributed by atoms with Gasteiger partial charge in [-0.15, -0.1) is 0 Å². The number of likely N-dealkylation sites (tertiary alicyclic amines) is 1. The van der Waals surface area contributed by atoms with Gasteiger partial charge >= 0.3 is 12.1 Å². The molecular formula is C14H17F3N2O4. The average molecular weight is 334 g/mol. The molecule has 0 spiro atoms. The van der Waals surface area contributed by atoms with Crippen molar-refractivity contribution >= 4 is 11.9 Å². The number of amides is 1. The van der Waals surface area contributed by atoms with Crippen molar-refractivity contribution in [3.05, 3.63) is 24.2 Å². The molecular weight excluding hydrogens is 317 g/mol. The average Bonchev–Trinajstić information content (AvgIpc) is 3.09. The summed E-state index contributed by atoms with van der Waals surface area (Å²) in [5.41, 5.74) is 0. The molecule has 9 heteroatoms. The van der Waals surface area contributed by atoms with E-state index < -0.39 is 12.1 Å². The third-order valence-corrected chi connectivity index (χ3v) is 3.86. The number of aliphatic carboxylic acids is 1. The van der Waals surface area contributed by atoms with E-state index in [2.05, 4.69) is 10.2 Å². The Kier molecular flexibility index (Phi) is 5.30. The van der Waals surface area contributed by atoms with E-state index in [0.717, 1.165) is 31.7 Å². The van der Waals surface area contributed by atoms with E-state index in [0.29, 0.717) is 18.5 Å². The van der Waals surface area contributed by atoms with Gasteiger partial charge in [0.2, 0.25) is 5.91 Å². The third kappa shape index (κ3) is 4.72. The third-order valence-electron chi connectivity index (χ3n) is 3.86. The molecule has 1 aromatic rings. The van der Waals surface area contributed by atoms with E-state index in [-0.39, 0.29) is 5.91 Å². The van der Waals surface area contributed by atoms with Crippen molar-refractivity contribution in [2.75, 3.05) is 6.54 Å². The Labute approximate surface area is 130 Å². The van der Waals surface area contributed by atoms with Crippen molar-refractivity contribution in [3.63, 3.8) is 0 Å². The van der Waals surface area contributed by atoms with Crippen LogP contribution in [-0.2, 0) is 16.1 Å². The van der Waals surface area contributed by atoms with Crippen molar-refractivity contribution in [2.45, 2.75) is 44.1 Å². The van der Waals surface area contributed by atoms with Crippen molar-refractivity contribution in [1.29, 1.82) is 0 Å². The summed E-state index contributed by atoms with van der Waals surface area (Å²) in [6, 6.07) is 4.79. The molecule has 2 saturated heterocycles. The normalized spacial score (nSPS) is 24.4. The van der Waals surface area contributed by atoms with Crippen LogP contribution in [-0.4, -0.2) is 46.7 Å². The van der Waals surface area contributed by atoms with Gasteiger partial charge in [-0.3, -0.25) is 9.69 Å². The van der Waals surface area contributed by atoms with E-state index in [1.165, 1.54) is 0 Å². The molecule has 3 rings (SSSR count). The number of piperidine rings is 1. The van der Waals surface area contributed by atoms with Gasteiger partial charge in [0.1, 0.15) is 5.76 Å². The number of nitrogens with one attached hydrogen (secondary N) is 1. The van der Waals surface area contributed by atoms with E-state index in [1.54, 1.807) is 6.26 Å². The molecule has 6 nitrogen and oxygen atoms in total. The number of alkyl halides is 3. The van der Waals surface area contributed by atoms with Gasteiger partial charge in [0.25, 0.3) is 0 Å². The van der Waals surface area contributed by atoms with Gasteiger partial charge in [0.05, 0.1) is 12.8 Å². The van der Waals surface area contributed by atoms with Gasteiger partial charge in [-0.05, 0) is 25.0 Å². The smallest absolute Gasteiger partial charge is 0.475 e. The summed E-state index contributed by atoms with van der Waals surface area (Å²) in [6.07, 6.45) is -0.657. The Bertz CT molecular complexity index is 545. The standard InChI is InChI=1S/C12H16N2O2.C2HF3O2/c15-12-4-3-11-10(13-12)5-6-14(11)8-9-2-1-7-16-9;3-2(4,5)1(6)7/h1-2,7,10-11H,3-6,8H2,(H,13,15);(H,6,7)/t10-,11+;/m1./s1. The van der Waals surface area contributed by atoms with Crippen molar-refractivity contribution in [2.24, 2.45) is 0 Å². The summed E-state index contributed by atoms with van der Waals surface area (Å²) in [4.78, 5) is 22.6. The van der Waals surface area contributed by atoms with Crippen LogP contribution in [0.4, 0.5) is 13.2 Å². The van der Waals surface area contributed by atoms with Crippen LogP contribution in [0.15, 0.2) is 22.8 Å². The minimum absolute atomic E-state index is 0.209. The lowest BCUT2D eigenvalue weighted by molar-refractivity contribution is -0.192. The number of fused-ring (bicyclic) bond motifs is 1. The number of carboxylic acid groups (broad SMARTS) is 1. The SMILES string of the molecule is O=C(O)C(F)(F)F.O=C1CC[C@H]2[C@@H](CCN2Cc2ccco2)N1. The first-order chi connectivity index (χ1) is 10.8. The first kappa shape index (κ1) is 17.3. The molecule has 0 radical (unpaired) electrons. The predicted octanol–water partition coefficient (Wildman–Crippen LogP) is 1.77. The maximum Gasteiger partial charge on any atom is 0.490 e. The van der Waals surface area contributed by atoms with Gasteiger partial charge in [-0.25, -0.2) is 4.79 Å². The molecule has 2 atom stereocenters. The monoisotopic (exact) mass is 334 g/mol. The summed E-state index contributed by atoms with van der Waals surface area (Å²) < 4.78 is 37.1. The van der Waals surface area contributed by atoms with Gasteiger partial charge in [-0.1, -0.05) is 0 Å². The summed E-state index contributed by atoms with van der Waals surface area (Å²) >= 11 is 0. The molecule has 128 valence electrons. The number of hydrogen-bond acceptors (Lipinski definition) is 4. The van der Waals surface area contributed by atoms with Gasteiger partial charge in [0.15, 0.2) is 0 Å². The number of furan rings is 1. The molecule has 1 aromatic heterocycles. The van der Waals surface area contributed by atoms with Crippen molar-refractivity contribution in [3.8, 4) is 0 Å². The van der Waals surface area contributed by atoms with Gasteiger partial charge in [0, 0.05) is 25.0 Å². The molecule has 0 aliphatic carbocycles. The first-order valence-electron chi connectivity index (χ1n) is 7.13.